The topological polar surface area (TPSA) is 93.5 Å². The van der Waals surface area contributed by atoms with Crippen molar-refractivity contribution in [3.63, 3.8) is 0 Å². The van der Waals surface area contributed by atoms with Gasteiger partial charge in [-0.25, -0.2) is 13.4 Å². The van der Waals surface area contributed by atoms with Crippen LogP contribution in [0.2, 0.25) is 0 Å². The molecule has 0 spiro atoms. The summed E-state index contributed by atoms with van der Waals surface area (Å²) in [6.45, 7) is 3.96. The zero-order valence-corrected chi connectivity index (χ0v) is 20.6. The van der Waals surface area contributed by atoms with Crippen LogP contribution in [-0.2, 0) is 28.3 Å². The average Bonchev–Trinajstić information content (AvgIpc) is 3.16. The van der Waals surface area contributed by atoms with Crippen molar-refractivity contribution in [2.24, 2.45) is 7.05 Å². The number of nitrogens with one attached hydrogen (secondary N) is 1. The monoisotopic (exact) mass is 484 g/mol. The zero-order valence-electron chi connectivity index (χ0n) is 19.8. The highest BCUT2D eigenvalue weighted by molar-refractivity contribution is 7.89. The van der Waals surface area contributed by atoms with Crippen LogP contribution in [0.15, 0.2) is 47.4 Å². The maximum atomic E-state index is 13.0. The Labute approximate surface area is 201 Å². The van der Waals surface area contributed by atoms with E-state index in [1.54, 1.807) is 22.5 Å². The van der Waals surface area contributed by atoms with Crippen molar-refractivity contribution >= 4 is 27.0 Å². The van der Waals surface area contributed by atoms with Gasteiger partial charge in [0.05, 0.1) is 22.5 Å². The third-order valence-corrected chi connectivity index (χ3v) is 8.05. The first-order valence-electron chi connectivity index (χ1n) is 11.8. The quantitative estimate of drug-likeness (QED) is 0.471. The second-order valence-corrected chi connectivity index (χ2v) is 10.7. The number of benzene rings is 2. The van der Waals surface area contributed by atoms with Crippen LogP contribution in [-0.4, -0.2) is 54.4 Å². The van der Waals surface area contributed by atoms with Gasteiger partial charge in [-0.05, 0) is 55.7 Å². The second-order valence-electron chi connectivity index (χ2n) is 8.72. The summed E-state index contributed by atoms with van der Waals surface area (Å²) in [6, 6.07) is 12.9. The first-order chi connectivity index (χ1) is 16.3. The number of amides is 1. The molecule has 0 radical (unpaired) electrons. The van der Waals surface area contributed by atoms with Crippen molar-refractivity contribution in [2.75, 3.05) is 26.2 Å². The number of piperidine rings is 1. The molecule has 0 aliphatic carbocycles. The highest BCUT2D eigenvalue weighted by atomic mass is 32.2. The molecule has 8 nitrogen and oxygen atoms in total. The van der Waals surface area contributed by atoms with Gasteiger partial charge in [0, 0.05) is 33.0 Å². The third-order valence-electron chi connectivity index (χ3n) is 6.16. The smallest absolute Gasteiger partial charge is 0.243 e. The number of aryl methyl sites for hydroxylation is 3. The molecule has 1 aromatic heterocycles. The molecule has 1 saturated heterocycles. The highest BCUT2D eigenvalue weighted by Gasteiger charge is 2.26. The zero-order chi connectivity index (χ0) is 24.1. The fourth-order valence-electron chi connectivity index (χ4n) is 4.25. The number of rotatable bonds is 9. The summed E-state index contributed by atoms with van der Waals surface area (Å²) < 4.78 is 35.1. The summed E-state index contributed by atoms with van der Waals surface area (Å²) >= 11 is 0. The lowest BCUT2D eigenvalue weighted by Gasteiger charge is -2.25. The Morgan fingerprint density at radius 3 is 2.68 bits per heavy atom. The second kappa shape index (κ2) is 10.6. The third kappa shape index (κ3) is 5.59. The predicted molar refractivity (Wildman–Crippen MR) is 131 cm³/mol. The van der Waals surface area contributed by atoms with E-state index in [9.17, 15) is 13.2 Å². The maximum absolute atomic E-state index is 13.0. The number of imidazole rings is 1. The molecule has 0 bridgehead atoms. The van der Waals surface area contributed by atoms with Gasteiger partial charge in [-0.15, -0.1) is 0 Å². The molecule has 182 valence electrons. The van der Waals surface area contributed by atoms with Crippen LogP contribution in [0.25, 0.3) is 11.0 Å². The van der Waals surface area contributed by atoms with E-state index >= 15 is 0 Å². The molecule has 4 rings (SSSR count). The average molecular weight is 485 g/mol. The lowest BCUT2D eigenvalue weighted by molar-refractivity contribution is -0.121. The summed E-state index contributed by atoms with van der Waals surface area (Å²) in [5.74, 6) is 1.46. The van der Waals surface area contributed by atoms with Gasteiger partial charge in [0.15, 0.2) is 0 Å². The van der Waals surface area contributed by atoms with Crippen molar-refractivity contribution < 1.29 is 17.9 Å². The molecular formula is C25H32N4O4S. The maximum Gasteiger partial charge on any atom is 0.243 e. The summed E-state index contributed by atoms with van der Waals surface area (Å²) in [5, 5.41) is 2.87. The summed E-state index contributed by atoms with van der Waals surface area (Å²) in [6.07, 6.45) is 3.62. The van der Waals surface area contributed by atoms with Crippen molar-refractivity contribution in [3.8, 4) is 5.75 Å². The SMILES string of the molecule is Cc1cccc(OCCNC(=O)CCc2nc3cc(S(=O)(=O)N4CCCCC4)ccc3n2C)c1. The molecular weight excluding hydrogens is 452 g/mol. The van der Waals surface area contributed by atoms with Crippen LogP contribution in [0.3, 0.4) is 0 Å². The van der Waals surface area contributed by atoms with E-state index in [-0.39, 0.29) is 10.8 Å². The predicted octanol–water partition coefficient (Wildman–Crippen LogP) is 3.18. The van der Waals surface area contributed by atoms with Gasteiger partial charge in [-0.2, -0.15) is 4.31 Å². The van der Waals surface area contributed by atoms with Crippen LogP contribution in [0.5, 0.6) is 5.75 Å². The molecule has 2 aromatic carbocycles. The number of carbonyl (C=O) groups is 1. The van der Waals surface area contributed by atoms with Crippen molar-refractivity contribution in [3.05, 3.63) is 53.9 Å². The van der Waals surface area contributed by atoms with E-state index in [1.807, 2.05) is 42.8 Å². The Balaban J connectivity index is 1.33. The molecule has 0 unspecified atom stereocenters. The van der Waals surface area contributed by atoms with Gasteiger partial charge in [-0.1, -0.05) is 18.6 Å². The van der Waals surface area contributed by atoms with Crippen molar-refractivity contribution in [2.45, 2.75) is 43.9 Å². The number of nitrogens with zero attached hydrogens (tertiary/aromatic N) is 3. The molecule has 1 aliphatic rings. The van der Waals surface area contributed by atoms with Crippen LogP contribution in [0, 0.1) is 6.92 Å². The lowest BCUT2D eigenvalue weighted by Crippen LogP contribution is -2.35. The number of hydrogen-bond acceptors (Lipinski definition) is 5. The fourth-order valence-corrected chi connectivity index (χ4v) is 5.78. The van der Waals surface area contributed by atoms with Gasteiger partial charge in [0.2, 0.25) is 15.9 Å². The minimum atomic E-state index is -3.51. The molecule has 1 N–H and O–H groups in total. The number of sulfonamides is 1. The molecule has 1 fully saturated rings. The van der Waals surface area contributed by atoms with E-state index in [0.717, 1.165) is 41.9 Å². The number of hydrogen-bond donors (Lipinski definition) is 1. The highest BCUT2D eigenvalue weighted by Crippen LogP contribution is 2.25. The Hall–Kier alpha value is -2.91. The number of aromatic nitrogens is 2. The minimum absolute atomic E-state index is 0.0757. The Kier molecular flexibility index (Phi) is 7.53. The van der Waals surface area contributed by atoms with Gasteiger partial charge >= 0.3 is 0 Å². The van der Waals surface area contributed by atoms with E-state index in [4.69, 9.17) is 4.74 Å². The lowest BCUT2D eigenvalue weighted by atomic mass is 10.2. The van der Waals surface area contributed by atoms with Crippen LogP contribution < -0.4 is 10.1 Å². The minimum Gasteiger partial charge on any atom is -0.492 e. The van der Waals surface area contributed by atoms with Gasteiger partial charge in [0.25, 0.3) is 0 Å². The van der Waals surface area contributed by atoms with Crippen LogP contribution in [0.4, 0.5) is 0 Å². The van der Waals surface area contributed by atoms with E-state index in [1.165, 1.54) is 0 Å². The normalized spacial score (nSPS) is 14.9. The largest absolute Gasteiger partial charge is 0.492 e. The first kappa shape index (κ1) is 24.2. The van der Waals surface area contributed by atoms with Crippen LogP contribution >= 0.6 is 0 Å². The summed E-state index contributed by atoms with van der Waals surface area (Å²) in [4.78, 5) is 17.2. The molecule has 34 heavy (non-hydrogen) atoms. The van der Waals surface area contributed by atoms with Gasteiger partial charge in [0.1, 0.15) is 18.2 Å². The summed E-state index contributed by atoms with van der Waals surface area (Å²) in [7, 11) is -1.62. The Morgan fingerprint density at radius 1 is 1.12 bits per heavy atom. The fraction of sp³-hybridized carbons (Fsp3) is 0.440. The Bertz CT molecular complexity index is 1260. The Morgan fingerprint density at radius 2 is 1.91 bits per heavy atom. The first-order valence-corrected chi connectivity index (χ1v) is 13.2. The summed E-state index contributed by atoms with van der Waals surface area (Å²) in [5.41, 5.74) is 2.60. The number of ether oxygens (including phenoxy) is 1. The molecule has 0 atom stereocenters. The van der Waals surface area contributed by atoms with Gasteiger partial charge < -0.3 is 14.6 Å². The molecule has 1 aliphatic heterocycles. The van der Waals surface area contributed by atoms with Crippen LogP contribution in [0.1, 0.15) is 37.1 Å². The molecule has 1 amide bonds. The molecule has 2 heterocycles. The number of fused-ring (bicyclic) bond motifs is 1. The standard InChI is InChI=1S/C25H32N4O4S/c1-19-7-6-8-20(17-19)33-16-13-26-25(30)12-11-24-27-22-18-21(9-10-23(22)28(24)2)34(31,32)29-14-4-3-5-15-29/h6-10,17-18H,3-5,11-16H2,1-2H3,(H,26,30). The van der Waals surface area contributed by atoms with Gasteiger partial charge in [-0.3, -0.25) is 4.79 Å². The molecule has 3 aromatic rings. The van der Waals surface area contributed by atoms with E-state index in [0.29, 0.717) is 44.6 Å². The van der Waals surface area contributed by atoms with Crippen molar-refractivity contribution in [1.82, 2.24) is 19.2 Å². The number of carbonyl (C=O) groups excluding carboxylic acids is 1. The van der Waals surface area contributed by atoms with E-state index in [2.05, 4.69) is 10.3 Å². The van der Waals surface area contributed by atoms with E-state index < -0.39 is 10.0 Å². The molecule has 9 heteroatoms. The molecule has 0 saturated carbocycles. The van der Waals surface area contributed by atoms with Crippen molar-refractivity contribution in [1.29, 1.82) is 0 Å².